The lowest BCUT2D eigenvalue weighted by Gasteiger charge is -2.35. The van der Waals surface area contributed by atoms with Gasteiger partial charge in [-0.3, -0.25) is 15.1 Å². The van der Waals surface area contributed by atoms with Crippen molar-refractivity contribution in [3.8, 4) is 0 Å². The Bertz CT molecular complexity index is 1080. The summed E-state index contributed by atoms with van der Waals surface area (Å²) in [5, 5.41) is 19.5. The minimum absolute atomic E-state index is 0.165. The van der Waals surface area contributed by atoms with Gasteiger partial charge in [0.15, 0.2) is 0 Å². The number of rotatable bonds is 8. The molecule has 0 bridgehead atoms. The van der Waals surface area contributed by atoms with Crippen molar-refractivity contribution in [2.75, 3.05) is 38.2 Å². The Morgan fingerprint density at radius 3 is 2.51 bits per heavy atom. The Morgan fingerprint density at radius 2 is 1.86 bits per heavy atom. The summed E-state index contributed by atoms with van der Waals surface area (Å²) in [5.41, 5.74) is 0.498. The van der Waals surface area contributed by atoms with Gasteiger partial charge in [-0.15, -0.1) is 0 Å². The molecule has 204 valence electrons. The molecule has 12 heteroatoms. The molecule has 1 saturated carbocycles. The summed E-state index contributed by atoms with van der Waals surface area (Å²) >= 11 is 0. The molecule has 2 aliphatic heterocycles. The maximum atomic E-state index is 13.3. The summed E-state index contributed by atoms with van der Waals surface area (Å²) in [6.45, 7) is 6.19. The number of anilines is 1. The number of nitrogens with zero attached hydrogens (tertiary/aromatic N) is 3. The zero-order valence-corrected chi connectivity index (χ0v) is 22.3. The smallest absolute Gasteiger partial charge is 0.243 e. The molecule has 2 atom stereocenters. The predicted octanol–water partition coefficient (Wildman–Crippen LogP) is 1.17. The normalized spacial score (nSPS) is 28.3. The van der Waals surface area contributed by atoms with Gasteiger partial charge in [-0.2, -0.15) is 4.31 Å². The number of carbonyl (C=O) groups excluding carboxylic acids is 1. The number of hydrogen-bond donors (Lipinski definition) is 4. The Kier molecular flexibility index (Phi) is 9.30. The van der Waals surface area contributed by atoms with E-state index in [9.17, 15) is 18.3 Å². The average molecular weight is 535 g/mol. The number of amides is 1. The van der Waals surface area contributed by atoms with Crippen LogP contribution in [0, 0.1) is 11.8 Å². The second-order valence-electron chi connectivity index (χ2n) is 10.2. The van der Waals surface area contributed by atoms with E-state index in [0.29, 0.717) is 50.4 Å². The van der Waals surface area contributed by atoms with Gasteiger partial charge >= 0.3 is 0 Å². The first kappa shape index (κ1) is 27.6. The SMILES string of the molecule is CC(C)CN=C1N=CC(C(=O)Nc2ccc(S(=O)(=O)N3CCOCC3)cc2)C(NC2CCC(O)CC2)N1. The molecule has 4 rings (SSSR count). The van der Waals surface area contributed by atoms with Gasteiger partial charge < -0.3 is 20.5 Å². The molecular weight excluding hydrogens is 496 g/mol. The van der Waals surface area contributed by atoms with E-state index in [1.807, 2.05) is 0 Å². The van der Waals surface area contributed by atoms with Gasteiger partial charge in [0.2, 0.25) is 21.9 Å². The molecule has 0 radical (unpaired) electrons. The zero-order chi connectivity index (χ0) is 26.4. The van der Waals surface area contributed by atoms with Crippen LogP contribution in [-0.2, 0) is 19.6 Å². The van der Waals surface area contributed by atoms with E-state index in [0.717, 1.165) is 25.7 Å². The van der Waals surface area contributed by atoms with Crippen LogP contribution in [0.25, 0.3) is 0 Å². The van der Waals surface area contributed by atoms with E-state index in [-0.39, 0.29) is 22.9 Å². The summed E-state index contributed by atoms with van der Waals surface area (Å²) < 4.78 is 32.4. The number of nitrogens with one attached hydrogen (secondary N) is 3. The Hall–Kier alpha value is -2.38. The van der Waals surface area contributed by atoms with Crippen molar-refractivity contribution in [1.82, 2.24) is 14.9 Å². The van der Waals surface area contributed by atoms with Gasteiger partial charge in [-0.1, -0.05) is 13.8 Å². The molecule has 11 nitrogen and oxygen atoms in total. The highest BCUT2D eigenvalue weighted by Crippen LogP contribution is 2.22. The highest BCUT2D eigenvalue weighted by molar-refractivity contribution is 7.89. The van der Waals surface area contributed by atoms with E-state index in [2.05, 4.69) is 39.8 Å². The average Bonchev–Trinajstić information content (AvgIpc) is 2.89. The number of aliphatic hydroxyl groups excluding tert-OH is 1. The second-order valence-corrected chi connectivity index (χ2v) is 12.1. The quantitative estimate of drug-likeness (QED) is 0.392. The molecule has 2 fully saturated rings. The fraction of sp³-hybridized carbons (Fsp3) is 0.640. The van der Waals surface area contributed by atoms with E-state index in [1.54, 1.807) is 18.3 Å². The maximum Gasteiger partial charge on any atom is 0.243 e. The van der Waals surface area contributed by atoms with Gasteiger partial charge in [0, 0.05) is 37.6 Å². The summed E-state index contributed by atoms with van der Waals surface area (Å²) in [4.78, 5) is 22.3. The molecule has 1 amide bonds. The third-order valence-electron chi connectivity index (χ3n) is 6.75. The van der Waals surface area contributed by atoms with Crippen molar-refractivity contribution in [2.24, 2.45) is 21.8 Å². The van der Waals surface area contributed by atoms with Crippen LogP contribution in [0.4, 0.5) is 5.69 Å². The molecule has 2 heterocycles. The fourth-order valence-electron chi connectivity index (χ4n) is 4.59. The van der Waals surface area contributed by atoms with Crippen LogP contribution in [0.2, 0.25) is 0 Å². The van der Waals surface area contributed by atoms with Gasteiger partial charge in [-0.05, 0) is 55.9 Å². The second kappa shape index (κ2) is 12.4. The number of aliphatic hydroxyl groups is 1. The minimum Gasteiger partial charge on any atom is -0.393 e. The van der Waals surface area contributed by atoms with Gasteiger partial charge in [0.05, 0.1) is 30.4 Å². The van der Waals surface area contributed by atoms with Gasteiger partial charge in [-0.25, -0.2) is 13.4 Å². The van der Waals surface area contributed by atoms with E-state index in [1.165, 1.54) is 16.4 Å². The van der Waals surface area contributed by atoms with Crippen molar-refractivity contribution < 1.29 is 23.1 Å². The first-order valence-electron chi connectivity index (χ1n) is 13.0. The number of morpholine rings is 1. The van der Waals surface area contributed by atoms with Crippen LogP contribution in [-0.4, -0.2) is 87.1 Å². The molecule has 1 aromatic rings. The van der Waals surface area contributed by atoms with Crippen LogP contribution in [0.1, 0.15) is 39.5 Å². The van der Waals surface area contributed by atoms with Crippen LogP contribution < -0.4 is 16.0 Å². The standard InChI is InChI=1S/C25H38N6O5S/c1-17(2)15-26-25-27-16-22(23(30-25)28-18-3-7-20(32)8-4-18)24(33)29-19-5-9-21(10-6-19)37(34,35)31-11-13-36-14-12-31/h5-6,9-10,16-18,20,22-23,28,32H,3-4,7-8,11-15H2,1-2H3,(H,26,30)(H,29,33). The monoisotopic (exact) mass is 534 g/mol. The third-order valence-corrected chi connectivity index (χ3v) is 8.66. The largest absolute Gasteiger partial charge is 0.393 e. The molecule has 2 unspecified atom stereocenters. The maximum absolute atomic E-state index is 13.3. The number of guanidine groups is 1. The number of hydrogen-bond acceptors (Lipinski definition) is 7. The Morgan fingerprint density at radius 1 is 1.19 bits per heavy atom. The lowest BCUT2D eigenvalue weighted by atomic mass is 9.92. The van der Waals surface area contributed by atoms with Crippen LogP contribution in [0.15, 0.2) is 39.1 Å². The summed E-state index contributed by atoms with van der Waals surface area (Å²) in [6, 6.07) is 6.37. The minimum atomic E-state index is -3.61. The van der Waals surface area contributed by atoms with Crippen LogP contribution in [0.5, 0.6) is 0 Å². The molecule has 3 aliphatic rings. The van der Waals surface area contributed by atoms with Crippen molar-refractivity contribution in [3.63, 3.8) is 0 Å². The Labute approximate surface area is 218 Å². The highest BCUT2D eigenvalue weighted by atomic mass is 32.2. The molecule has 0 aromatic heterocycles. The predicted molar refractivity (Wildman–Crippen MR) is 142 cm³/mol. The molecular formula is C25H38N6O5S. The molecule has 1 saturated heterocycles. The Balaban J connectivity index is 1.44. The first-order chi connectivity index (χ1) is 17.7. The molecule has 1 aliphatic carbocycles. The van der Waals surface area contributed by atoms with E-state index < -0.39 is 22.1 Å². The van der Waals surface area contributed by atoms with Crippen molar-refractivity contribution >= 4 is 33.8 Å². The summed E-state index contributed by atoms with van der Waals surface area (Å²) in [6.07, 6.45) is 4.02. The number of sulfonamides is 1. The zero-order valence-electron chi connectivity index (χ0n) is 21.5. The van der Waals surface area contributed by atoms with Crippen LogP contribution >= 0.6 is 0 Å². The van der Waals surface area contributed by atoms with Gasteiger partial charge in [0.1, 0.15) is 5.92 Å². The molecule has 0 spiro atoms. The van der Waals surface area contributed by atoms with Crippen molar-refractivity contribution in [3.05, 3.63) is 24.3 Å². The number of carbonyl (C=O) groups is 1. The topological polar surface area (TPSA) is 145 Å². The third kappa shape index (κ3) is 7.35. The number of benzene rings is 1. The fourth-order valence-corrected chi connectivity index (χ4v) is 6.00. The number of ether oxygens (including phenoxy) is 1. The molecule has 1 aromatic carbocycles. The number of aliphatic imine (C=N–C) groups is 2. The van der Waals surface area contributed by atoms with E-state index in [4.69, 9.17) is 4.74 Å². The van der Waals surface area contributed by atoms with Gasteiger partial charge in [0.25, 0.3) is 0 Å². The highest BCUT2D eigenvalue weighted by Gasteiger charge is 2.34. The lowest BCUT2D eigenvalue weighted by Crippen LogP contribution is -2.59. The van der Waals surface area contributed by atoms with E-state index >= 15 is 0 Å². The lowest BCUT2D eigenvalue weighted by molar-refractivity contribution is -0.118. The molecule has 4 N–H and O–H groups in total. The van der Waals surface area contributed by atoms with Crippen molar-refractivity contribution in [1.29, 1.82) is 0 Å². The molecule has 37 heavy (non-hydrogen) atoms. The van der Waals surface area contributed by atoms with Crippen molar-refractivity contribution in [2.45, 2.75) is 62.7 Å². The first-order valence-corrected chi connectivity index (χ1v) is 14.4. The van der Waals surface area contributed by atoms with Crippen LogP contribution in [0.3, 0.4) is 0 Å². The summed E-state index contributed by atoms with van der Waals surface area (Å²) in [7, 11) is -3.61. The summed E-state index contributed by atoms with van der Waals surface area (Å²) in [5.74, 6) is -0.00605.